The van der Waals surface area contributed by atoms with E-state index in [1.807, 2.05) is 200 Å². The predicted octanol–water partition coefficient (Wildman–Crippen LogP) is 10.1. The number of fused-ring (bicyclic) bond motifs is 1. The molecule has 4 heterocycles. The Kier molecular flexibility index (Phi) is 17.6. The summed E-state index contributed by atoms with van der Waals surface area (Å²) in [5.41, 5.74) is 6.54. The Labute approximate surface area is 421 Å². The molecule has 372 valence electrons. The average molecular weight is 972 g/mol. The van der Waals surface area contributed by atoms with Crippen molar-refractivity contribution in [2.75, 3.05) is 13.2 Å². The molecule has 3 aliphatic heterocycles. The van der Waals surface area contributed by atoms with Crippen molar-refractivity contribution in [1.29, 1.82) is 0 Å². The van der Waals surface area contributed by atoms with E-state index in [0.29, 0.717) is 6.61 Å². The van der Waals surface area contributed by atoms with Crippen LogP contribution < -0.4 is 0 Å². The number of pyridine rings is 1. The van der Waals surface area contributed by atoms with E-state index in [1.54, 1.807) is 6.20 Å². The van der Waals surface area contributed by atoms with Crippen molar-refractivity contribution in [2.24, 2.45) is 0 Å². The van der Waals surface area contributed by atoms with Gasteiger partial charge in [-0.3, -0.25) is 4.98 Å². The van der Waals surface area contributed by atoms with Crippen molar-refractivity contribution in [2.45, 2.75) is 107 Å². The van der Waals surface area contributed by atoms with Crippen LogP contribution in [0.15, 0.2) is 206 Å². The molecule has 1 aromatic heterocycles. The summed E-state index contributed by atoms with van der Waals surface area (Å²) < 4.78 is 76.1. The minimum atomic E-state index is -1.11. The van der Waals surface area contributed by atoms with Gasteiger partial charge < -0.3 is 52.1 Å². The summed E-state index contributed by atoms with van der Waals surface area (Å²) in [4.78, 5) is 4.58. The van der Waals surface area contributed by atoms with Crippen molar-refractivity contribution in [1.82, 2.24) is 4.98 Å². The summed E-state index contributed by atoms with van der Waals surface area (Å²) in [7, 11) is 0. The van der Waals surface area contributed by atoms with E-state index in [-0.39, 0.29) is 46.2 Å². The van der Waals surface area contributed by atoms with Crippen LogP contribution in [0, 0.1) is 0 Å². The molecule has 3 saturated heterocycles. The smallest absolute Gasteiger partial charge is 0.190 e. The standard InChI is InChI=1S/C60H61NO11/c1-7-21-43(22-8-1)35-62-41-50-52(67-40-49-33-19-20-34-61-49)54(63-36-44-23-9-2-10-24-44)56(65-38-46-27-13-4-14-28-46)59(69-50)72-60-57(66-39-47-29-15-5-16-30-47)55(64-37-45-25-11-3-12-26-45)53-51(70-60)42-68-58(71-53)48-31-17-6-18-32-48/h1-34,50-60H,35-42H2/t50-,51-,52-,53+,54+,55+,56-,57-,58?,59+,60-/m1/s1. The van der Waals surface area contributed by atoms with Crippen LogP contribution in [0.2, 0.25) is 0 Å². The number of nitrogens with zero attached hydrogens (tertiary/aromatic N) is 1. The van der Waals surface area contributed by atoms with Gasteiger partial charge in [0.2, 0.25) is 0 Å². The van der Waals surface area contributed by atoms with E-state index in [0.717, 1.165) is 39.1 Å². The maximum absolute atomic E-state index is 7.28. The van der Waals surface area contributed by atoms with Crippen molar-refractivity contribution < 1.29 is 52.1 Å². The fraction of sp³-hybridized carbons (Fsp3) is 0.317. The molecule has 6 aromatic carbocycles. The van der Waals surface area contributed by atoms with E-state index >= 15 is 0 Å². The molecule has 0 spiro atoms. The monoisotopic (exact) mass is 971 g/mol. The normalized spacial score (nSPS) is 26.1. The maximum Gasteiger partial charge on any atom is 0.190 e. The summed E-state index contributed by atoms with van der Waals surface area (Å²) in [5, 5.41) is 0. The Bertz CT molecular complexity index is 2610. The number of rotatable bonds is 22. The van der Waals surface area contributed by atoms with Gasteiger partial charge >= 0.3 is 0 Å². The van der Waals surface area contributed by atoms with Crippen LogP contribution >= 0.6 is 0 Å². The molecule has 0 bridgehead atoms. The van der Waals surface area contributed by atoms with E-state index in [9.17, 15) is 0 Å². The second-order valence-electron chi connectivity index (χ2n) is 18.0. The van der Waals surface area contributed by atoms with Gasteiger partial charge in [-0.2, -0.15) is 0 Å². The number of ether oxygens (including phenoxy) is 11. The second-order valence-corrected chi connectivity index (χ2v) is 18.0. The molecule has 3 fully saturated rings. The fourth-order valence-electron chi connectivity index (χ4n) is 9.22. The third kappa shape index (κ3) is 13.4. The van der Waals surface area contributed by atoms with Crippen LogP contribution in [0.3, 0.4) is 0 Å². The van der Waals surface area contributed by atoms with E-state index in [4.69, 9.17) is 52.1 Å². The number of aromatic nitrogens is 1. The summed E-state index contributed by atoms with van der Waals surface area (Å²) in [6, 6.07) is 65.8. The molecule has 12 nitrogen and oxygen atoms in total. The molecule has 72 heavy (non-hydrogen) atoms. The van der Waals surface area contributed by atoms with Crippen LogP contribution in [0.25, 0.3) is 0 Å². The molecule has 0 amide bonds. The highest BCUT2D eigenvalue weighted by atomic mass is 16.8. The lowest BCUT2D eigenvalue weighted by Gasteiger charge is -2.51. The first-order valence-corrected chi connectivity index (χ1v) is 24.7. The third-order valence-corrected chi connectivity index (χ3v) is 12.9. The van der Waals surface area contributed by atoms with Crippen molar-refractivity contribution in [3.63, 3.8) is 0 Å². The van der Waals surface area contributed by atoms with Gasteiger partial charge in [0.15, 0.2) is 18.9 Å². The minimum absolute atomic E-state index is 0.133. The average Bonchev–Trinajstić information content (AvgIpc) is 3.44. The zero-order chi connectivity index (χ0) is 48.6. The molecule has 0 radical (unpaired) electrons. The lowest BCUT2D eigenvalue weighted by Crippen LogP contribution is -2.66. The highest BCUT2D eigenvalue weighted by Gasteiger charge is 2.55. The van der Waals surface area contributed by atoms with E-state index in [1.165, 1.54) is 0 Å². The first kappa shape index (κ1) is 49.6. The van der Waals surface area contributed by atoms with Crippen LogP contribution in [0.4, 0.5) is 0 Å². The number of benzene rings is 6. The molecule has 7 aromatic rings. The van der Waals surface area contributed by atoms with Gasteiger partial charge in [0.25, 0.3) is 0 Å². The molecule has 0 aliphatic carbocycles. The van der Waals surface area contributed by atoms with Gasteiger partial charge in [-0.05, 0) is 39.9 Å². The topological polar surface area (TPSA) is 114 Å². The van der Waals surface area contributed by atoms with Gasteiger partial charge in [0.05, 0.1) is 58.5 Å². The van der Waals surface area contributed by atoms with Gasteiger partial charge in [0, 0.05) is 11.8 Å². The Balaban J connectivity index is 1.02. The van der Waals surface area contributed by atoms with Crippen LogP contribution in [0.1, 0.15) is 45.4 Å². The zero-order valence-corrected chi connectivity index (χ0v) is 40.1. The van der Waals surface area contributed by atoms with E-state index < -0.39 is 67.7 Å². The molecule has 0 saturated carbocycles. The summed E-state index contributed by atoms with van der Waals surface area (Å²) in [5.74, 6) is 0. The van der Waals surface area contributed by atoms with Crippen molar-refractivity contribution in [3.8, 4) is 0 Å². The quantitative estimate of drug-likeness (QED) is 0.0644. The number of hydrogen-bond donors (Lipinski definition) is 0. The lowest BCUT2D eigenvalue weighted by molar-refractivity contribution is -0.411. The predicted molar refractivity (Wildman–Crippen MR) is 267 cm³/mol. The molecule has 12 heteroatoms. The van der Waals surface area contributed by atoms with Crippen LogP contribution in [0.5, 0.6) is 0 Å². The third-order valence-electron chi connectivity index (χ3n) is 12.9. The van der Waals surface area contributed by atoms with Gasteiger partial charge in [0.1, 0.15) is 48.8 Å². The van der Waals surface area contributed by atoms with Crippen LogP contribution in [-0.4, -0.2) is 79.6 Å². The molecular weight excluding hydrogens is 911 g/mol. The minimum Gasteiger partial charge on any atom is -0.374 e. The highest BCUT2D eigenvalue weighted by Crippen LogP contribution is 2.40. The maximum atomic E-state index is 7.28. The summed E-state index contributed by atoms with van der Waals surface area (Å²) >= 11 is 0. The van der Waals surface area contributed by atoms with E-state index in [2.05, 4.69) is 4.98 Å². The van der Waals surface area contributed by atoms with Gasteiger partial charge in [-0.15, -0.1) is 0 Å². The lowest BCUT2D eigenvalue weighted by atomic mass is 9.96. The first-order chi connectivity index (χ1) is 35.7. The largest absolute Gasteiger partial charge is 0.374 e. The Morgan fingerprint density at radius 2 is 0.847 bits per heavy atom. The molecule has 11 atom stereocenters. The van der Waals surface area contributed by atoms with Crippen molar-refractivity contribution >= 4 is 0 Å². The molecular formula is C60H61NO11. The number of hydrogen-bond acceptors (Lipinski definition) is 12. The van der Waals surface area contributed by atoms with Crippen LogP contribution in [-0.2, 0) is 91.7 Å². The van der Waals surface area contributed by atoms with Gasteiger partial charge in [-0.1, -0.05) is 188 Å². The highest BCUT2D eigenvalue weighted by molar-refractivity contribution is 5.19. The second kappa shape index (κ2) is 25.6. The summed E-state index contributed by atoms with van der Waals surface area (Å²) in [6.45, 7) is 1.84. The molecule has 0 N–H and O–H groups in total. The Morgan fingerprint density at radius 1 is 0.403 bits per heavy atom. The Morgan fingerprint density at radius 3 is 1.38 bits per heavy atom. The summed E-state index contributed by atoms with van der Waals surface area (Å²) in [6.07, 6.45) is -6.99. The first-order valence-electron chi connectivity index (χ1n) is 24.7. The van der Waals surface area contributed by atoms with Crippen molar-refractivity contribution in [3.05, 3.63) is 245 Å². The molecule has 10 rings (SSSR count). The SMILES string of the molecule is c1ccc(COC[C@H]2O[C@@H](O[C@H]3O[C@@H]4COC(c5ccccc5)O[C@@H]4[C@H](OCc4ccccc4)[C@H]3OCc3ccccc3)[C@H](OCc3ccccc3)[C@@H](OCc3ccccc3)[C@@H]2OCc2ccccn2)cc1. The Hall–Kier alpha value is -5.97. The molecule has 3 aliphatic rings. The fourth-order valence-corrected chi connectivity index (χ4v) is 9.22. The van der Waals surface area contributed by atoms with Gasteiger partial charge in [-0.25, -0.2) is 0 Å². The zero-order valence-electron chi connectivity index (χ0n) is 40.1. The molecule has 1 unspecified atom stereocenters.